The highest BCUT2D eigenvalue weighted by atomic mass is 127. The highest BCUT2D eigenvalue weighted by Crippen LogP contribution is 2.36. The summed E-state index contributed by atoms with van der Waals surface area (Å²) in [5, 5.41) is 0. The minimum atomic E-state index is -3.11. The Kier molecular flexibility index (Phi) is 6.73. The molecule has 124 valence electrons. The molecule has 21 heavy (non-hydrogen) atoms. The topological polar surface area (TPSA) is 85.0 Å². The summed E-state index contributed by atoms with van der Waals surface area (Å²) in [4.78, 5) is 6.36. The molecule has 1 atom stereocenters. The van der Waals surface area contributed by atoms with Crippen molar-refractivity contribution in [3.05, 3.63) is 0 Å². The van der Waals surface area contributed by atoms with Crippen LogP contribution in [0.2, 0.25) is 0 Å². The van der Waals surface area contributed by atoms with E-state index in [1.807, 2.05) is 11.8 Å². The van der Waals surface area contributed by atoms with Gasteiger partial charge in [0.15, 0.2) is 15.8 Å². The van der Waals surface area contributed by atoms with Gasteiger partial charge in [-0.1, -0.05) is 12.8 Å². The number of nitrogens with zero attached hydrogens (tertiary/aromatic N) is 2. The molecule has 1 heterocycles. The van der Waals surface area contributed by atoms with Crippen LogP contribution >= 0.6 is 24.0 Å². The summed E-state index contributed by atoms with van der Waals surface area (Å²) in [6, 6.07) is 0. The molecule has 2 N–H and O–H groups in total. The summed E-state index contributed by atoms with van der Waals surface area (Å²) in [7, 11) is -3.11. The van der Waals surface area contributed by atoms with E-state index in [9.17, 15) is 8.42 Å². The van der Waals surface area contributed by atoms with Crippen LogP contribution in [0, 0.1) is 0 Å². The standard InChI is InChI=1S/C13H25N3O3S.HI/c1-11-9-16(7-8-19-11)12(14)15-10-13(20(2,17)18)5-3-4-6-13;/h11H,3-10H2,1-2H3,(H2,14,15);1H. The maximum absolute atomic E-state index is 12.1. The third-order valence-corrected chi connectivity index (χ3v) is 6.51. The first-order valence-corrected chi connectivity index (χ1v) is 9.09. The molecule has 2 fully saturated rings. The van der Waals surface area contributed by atoms with Crippen molar-refractivity contribution in [1.29, 1.82) is 0 Å². The maximum atomic E-state index is 12.1. The zero-order valence-electron chi connectivity index (χ0n) is 12.7. The third-order valence-electron chi connectivity index (χ3n) is 4.40. The van der Waals surface area contributed by atoms with E-state index in [1.165, 1.54) is 6.26 Å². The van der Waals surface area contributed by atoms with Crippen LogP contribution in [0.4, 0.5) is 0 Å². The van der Waals surface area contributed by atoms with Crippen LogP contribution in [0.3, 0.4) is 0 Å². The van der Waals surface area contributed by atoms with Crippen LogP contribution in [0.5, 0.6) is 0 Å². The first-order chi connectivity index (χ1) is 9.34. The molecule has 1 saturated carbocycles. The maximum Gasteiger partial charge on any atom is 0.191 e. The van der Waals surface area contributed by atoms with Gasteiger partial charge in [0.05, 0.1) is 24.0 Å². The first-order valence-electron chi connectivity index (χ1n) is 7.20. The average Bonchev–Trinajstić information content (AvgIpc) is 2.85. The zero-order chi connectivity index (χ0) is 14.8. The molecule has 0 radical (unpaired) electrons. The second-order valence-electron chi connectivity index (χ2n) is 5.96. The lowest BCUT2D eigenvalue weighted by atomic mass is 10.1. The van der Waals surface area contributed by atoms with Crippen molar-refractivity contribution < 1.29 is 13.2 Å². The summed E-state index contributed by atoms with van der Waals surface area (Å²) in [6.45, 7) is 4.33. The molecular weight excluding hydrogens is 405 g/mol. The van der Waals surface area contributed by atoms with Crippen molar-refractivity contribution >= 4 is 39.8 Å². The summed E-state index contributed by atoms with van der Waals surface area (Å²) in [5.41, 5.74) is 6.02. The predicted octanol–water partition coefficient (Wildman–Crippen LogP) is 0.997. The van der Waals surface area contributed by atoms with Gasteiger partial charge in [-0.3, -0.25) is 4.99 Å². The molecule has 0 aromatic heterocycles. The van der Waals surface area contributed by atoms with Crippen molar-refractivity contribution in [2.75, 3.05) is 32.5 Å². The Bertz CT molecular complexity index is 475. The molecule has 1 unspecified atom stereocenters. The minimum absolute atomic E-state index is 0. The van der Waals surface area contributed by atoms with Crippen molar-refractivity contribution in [1.82, 2.24) is 4.90 Å². The number of ether oxygens (including phenoxy) is 1. The van der Waals surface area contributed by atoms with Crippen LogP contribution in [0.15, 0.2) is 4.99 Å². The number of halogens is 1. The summed E-state index contributed by atoms with van der Waals surface area (Å²) < 4.78 is 28.9. The molecule has 0 spiro atoms. The number of nitrogens with two attached hydrogens (primary N) is 1. The molecule has 1 aliphatic carbocycles. The quantitative estimate of drug-likeness (QED) is 0.410. The van der Waals surface area contributed by atoms with Gasteiger partial charge >= 0.3 is 0 Å². The third kappa shape index (κ3) is 4.44. The van der Waals surface area contributed by atoms with Gasteiger partial charge in [-0.25, -0.2) is 8.42 Å². The Morgan fingerprint density at radius 1 is 1.43 bits per heavy atom. The second kappa shape index (κ2) is 7.45. The first kappa shape index (κ1) is 19.0. The Morgan fingerprint density at radius 2 is 2.05 bits per heavy atom. The molecular formula is C13H26IN3O3S. The molecule has 0 aromatic carbocycles. The summed E-state index contributed by atoms with van der Waals surface area (Å²) in [5.74, 6) is 0.440. The largest absolute Gasteiger partial charge is 0.375 e. The van der Waals surface area contributed by atoms with Gasteiger partial charge in [0, 0.05) is 19.3 Å². The van der Waals surface area contributed by atoms with Gasteiger partial charge < -0.3 is 15.4 Å². The van der Waals surface area contributed by atoms with E-state index in [0.29, 0.717) is 38.5 Å². The molecule has 0 aromatic rings. The zero-order valence-corrected chi connectivity index (χ0v) is 15.9. The molecule has 2 rings (SSSR count). The normalized spacial score (nSPS) is 26.5. The summed E-state index contributed by atoms with van der Waals surface area (Å²) >= 11 is 0. The SMILES string of the molecule is CC1CN(C(N)=NCC2(S(C)(=O)=O)CCCC2)CCO1.I. The van der Waals surface area contributed by atoms with Gasteiger partial charge in [0.25, 0.3) is 0 Å². The smallest absolute Gasteiger partial charge is 0.191 e. The van der Waals surface area contributed by atoms with E-state index >= 15 is 0 Å². The van der Waals surface area contributed by atoms with E-state index < -0.39 is 14.6 Å². The van der Waals surface area contributed by atoms with E-state index in [1.54, 1.807) is 0 Å². The average molecular weight is 431 g/mol. The summed E-state index contributed by atoms with van der Waals surface area (Å²) in [6.07, 6.45) is 4.76. The molecule has 0 bridgehead atoms. The lowest BCUT2D eigenvalue weighted by molar-refractivity contribution is 0.00528. The fraction of sp³-hybridized carbons (Fsp3) is 0.923. The second-order valence-corrected chi connectivity index (χ2v) is 8.37. The van der Waals surface area contributed by atoms with Crippen LogP contribution in [0.25, 0.3) is 0 Å². The highest BCUT2D eigenvalue weighted by Gasteiger charge is 2.43. The predicted molar refractivity (Wildman–Crippen MR) is 94.9 cm³/mol. The Morgan fingerprint density at radius 3 is 2.57 bits per heavy atom. The Labute approximate surface area is 144 Å². The van der Waals surface area contributed by atoms with E-state index in [2.05, 4.69) is 4.99 Å². The number of sulfone groups is 1. The number of rotatable bonds is 3. The number of hydrogen-bond donors (Lipinski definition) is 1. The molecule has 2 aliphatic rings. The molecule has 1 saturated heterocycles. The van der Waals surface area contributed by atoms with Crippen LogP contribution in [0.1, 0.15) is 32.6 Å². The van der Waals surface area contributed by atoms with E-state index in [0.717, 1.165) is 12.8 Å². The lowest BCUT2D eigenvalue weighted by Crippen LogP contribution is -2.48. The number of morpholine rings is 1. The monoisotopic (exact) mass is 431 g/mol. The number of hydrogen-bond acceptors (Lipinski definition) is 4. The van der Waals surface area contributed by atoms with E-state index in [-0.39, 0.29) is 36.6 Å². The molecule has 6 nitrogen and oxygen atoms in total. The van der Waals surface area contributed by atoms with Crippen molar-refractivity contribution in [3.63, 3.8) is 0 Å². The fourth-order valence-electron chi connectivity index (χ4n) is 3.02. The van der Waals surface area contributed by atoms with Crippen molar-refractivity contribution in [2.45, 2.75) is 43.5 Å². The van der Waals surface area contributed by atoms with Crippen LogP contribution in [-0.4, -0.2) is 62.6 Å². The van der Waals surface area contributed by atoms with E-state index in [4.69, 9.17) is 10.5 Å². The molecule has 0 amide bonds. The van der Waals surface area contributed by atoms with Crippen molar-refractivity contribution in [3.8, 4) is 0 Å². The Balaban J connectivity index is 0.00000220. The minimum Gasteiger partial charge on any atom is -0.375 e. The van der Waals surface area contributed by atoms with Gasteiger partial charge in [-0.05, 0) is 19.8 Å². The number of aliphatic imine (C=N–C) groups is 1. The molecule has 8 heteroatoms. The number of guanidine groups is 1. The Hall–Kier alpha value is -0.0900. The molecule has 1 aliphatic heterocycles. The fourth-order valence-corrected chi connectivity index (χ4v) is 4.35. The van der Waals surface area contributed by atoms with Gasteiger partial charge in [-0.15, -0.1) is 24.0 Å². The highest BCUT2D eigenvalue weighted by molar-refractivity contribution is 14.0. The van der Waals surface area contributed by atoms with Gasteiger partial charge in [-0.2, -0.15) is 0 Å². The van der Waals surface area contributed by atoms with Crippen LogP contribution < -0.4 is 5.73 Å². The lowest BCUT2D eigenvalue weighted by Gasteiger charge is -2.32. The van der Waals surface area contributed by atoms with Gasteiger partial charge in [0.2, 0.25) is 0 Å². The van der Waals surface area contributed by atoms with Crippen molar-refractivity contribution in [2.24, 2.45) is 10.7 Å². The van der Waals surface area contributed by atoms with Crippen LogP contribution in [-0.2, 0) is 14.6 Å². The van der Waals surface area contributed by atoms with Gasteiger partial charge in [0.1, 0.15) is 0 Å².